The van der Waals surface area contributed by atoms with Crippen LogP contribution >= 0.6 is 0 Å². The molecule has 1 aliphatic heterocycles. The van der Waals surface area contributed by atoms with Gasteiger partial charge in [0.25, 0.3) is 5.91 Å². The number of amides is 1. The number of carbonyl (C=O) groups excluding carboxylic acids is 1. The summed E-state index contributed by atoms with van der Waals surface area (Å²) in [6.07, 6.45) is 14.8. The first-order valence-corrected chi connectivity index (χ1v) is 11.8. The molecule has 6 heteroatoms. The fraction of sp³-hybridized carbons (Fsp3) is 0.708. The highest BCUT2D eigenvalue weighted by molar-refractivity contribution is 6.03. The lowest BCUT2D eigenvalue weighted by molar-refractivity contribution is -0.126. The van der Waals surface area contributed by atoms with Crippen molar-refractivity contribution in [2.24, 2.45) is 34.4 Å². The van der Waals surface area contributed by atoms with Crippen LogP contribution in [0.3, 0.4) is 0 Å². The van der Waals surface area contributed by atoms with Crippen LogP contribution in [0.5, 0.6) is 0 Å². The zero-order valence-corrected chi connectivity index (χ0v) is 18.5. The number of likely N-dealkylation sites (N-methyl/N-ethyl adjacent to an activating group) is 1. The summed E-state index contributed by atoms with van der Waals surface area (Å²) in [7, 11) is 1.73. The number of guanidine groups is 1. The van der Waals surface area contributed by atoms with Crippen LogP contribution in [0.2, 0.25) is 0 Å². The molecule has 0 saturated heterocycles. The van der Waals surface area contributed by atoms with Gasteiger partial charge in [-0.1, -0.05) is 26.2 Å². The number of aliphatic imine (C=N–C) groups is 1. The molecule has 0 radical (unpaired) electrons. The Morgan fingerprint density at radius 2 is 2.03 bits per heavy atom. The quantitative estimate of drug-likeness (QED) is 0.740. The lowest BCUT2D eigenvalue weighted by atomic mass is 9.64. The Labute approximate surface area is 180 Å². The molecule has 6 atom stereocenters. The number of anilines is 1. The molecule has 1 aromatic rings. The van der Waals surface area contributed by atoms with Gasteiger partial charge in [0.1, 0.15) is 6.04 Å². The molecular weight excluding hydrogens is 374 g/mol. The van der Waals surface area contributed by atoms with Gasteiger partial charge in [-0.25, -0.2) is 4.99 Å². The van der Waals surface area contributed by atoms with Gasteiger partial charge in [0.05, 0.1) is 5.69 Å². The number of hydrogen-bond donors (Lipinski definition) is 2. The Morgan fingerprint density at radius 1 is 1.20 bits per heavy atom. The minimum Gasteiger partial charge on any atom is -0.381 e. The first kappa shape index (κ1) is 21.1. The number of nitrogens with one attached hydrogen (secondary N) is 1. The van der Waals surface area contributed by atoms with Crippen LogP contribution < -0.4 is 11.1 Å². The lowest BCUT2D eigenvalue weighted by Gasteiger charge is -2.43. The zero-order valence-electron chi connectivity index (χ0n) is 18.5. The van der Waals surface area contributed by atoms with Crippen molar-refractivity contribution in [3.63, 3.8) is 0 Å². The number of pyridine rings is 1. The maximum Gasteiger partial charge on any atom is 0.253 e. The van der Waals surface area contributed by atoms with Crippen molar-refractivity contribution < 1.29 is 4.79 Å². The Bertz CT molecular complexity index is 751. The normalized spacial score (nSPS) is 34.7. The molecule has 0 bridgehead atoms. The topological polar surface area (TPSA) is 83.6 Å². The summed E-state index contributed by atoms with van der Waals surface area (Å²) in [5.74, 6) is 3.43. The molecular formula is C24H37N5O. The lowest BCUT2D eigenvalue weighted by Crippen LogP contribution is -2.38. The summed E-state index contributed by atoms with van der Waals surface area (Å²) >= 11 is 0. The fourth-order valence-electron chi connectivity index (χ4n) is 6.22. The first-order chi connectivity index (χ1) is 14.5. The second-order valence-electron chi connectivity index (χ2n) is 9.84. The second kappa shape index (κ2) is 9.36. The molecule has 3 aliphatic rings. The molecule has 2 fully saturated rings. The zero-order chi connectivity index (χ0) is 21.1. The van der Waals surface area contributed by atoms with E-state index < -0.39 is 0 Å². The predicted molar refractivity (Wildman–Crippen MR) is 121 cm³/mol. The van der Waals surface area contributed by atoms with Crippen LogP contribution in [-0.4, -0.2) is 40.9 Å². The highest BCUT2D eigenvalue weighted by Gasteiger charge is 2.38. The van der Waals surface area contributed by atoms with Crippen molar-refractivity contribution in [1.29, 1.82) is 0 Å². The molecule has 0 aromatic carbocycles. The number of hydrogen-bond acceptors (Lipinski definition) is 5. The third-order valence-corrected chi connectivity index (χ3v) is 7.64. The van der Waals surface area contributed by atoms with Gasteiger partial charge in [-0.15, -0.1) is 0 Å². The van der Waals surface area contributed by atoms with Crippen LogP contribution in [0.4, 0.5) is 5.69 Å². The van der Waals surface area contributed by atoms with Crippen molar-refractivity contribution >= 4 is 17.6 Å². The highest BCUT2D eigenvalue weighted by Crippen LogP contribution is 2.45. The largest absolute Gasteiger partial charge is 0.381 e. The molecule has 6 nitrogen and oxygen atoms in total. The summed E-state index contributed by atoms with van der Waals surface area (Å²) in [5, 5.41) is 3.74. The van der Waals surface area contributed by atoms with Crippen LogP contribution in [0.1, 0.15) is 64.7 Å². The van der Waals surface area contributed by atoms with Crippen LogP contribution in [0.25, 0.3) is 0 Å². The summed E-state index contributed by atoms with van der Waals surface area (Å²) in [6.45, 7) is 2.41. The van der Waals surface area contributed by atoms with E-state index in [9.17, 15) is 4.79 Å². The van der Waals surface area contributed by atoms with Crippen LogP contribution in [-0.2, 0) is 4.79 Å². The first-order valence-electron chi connectivity index (χ1n) is 11.8. The molecule has 0 spiro atoms. The van der Waals surface area contributed by atoms with Gasteiger partial charge in [-0.3, -0.25) is 14.7 Å². The van der Waals surface area contributed by atoms with Gasteiger partial charge in [0.15, 0.2) is 5.96 Å². The predicted octanol–water partition coefficient (Wildman–Crippen LogP) is 4.04. The van der Waals surface area contributed by atoms with E-state index in [1.165, 1.54) is 49.8 Å². The number of carbonyl (C=O) groups is 1. The van der Waals surface area contributed by atoms with E-state index in [-0.39, 0.29) is 11.9 Å². The SMILES string of the molecule is C[C@@H]1CC(C2CCCCC2CC[C@@H]2N=C(N)N(C)C2=O)C[C@@H](Nc2cccnc2)C1. The summed E-state index contributed by atoms with van der Waals surface area (Å²) in [4.78, 5) is 22.5. The van der Waals surface area contributed by atoms with E-state index in [2.05, 4.69) is 28.3 Å². The van der Waals surface area contributed by atoms with Crippen molar-refractivity contribution in [3.05, 3.63) is 24.5 Å². The van der Waals surface area contributed by atoms with E-state index >= 15 is 0 Å². The molecule has 2 heterocycles. The molecule has 2 saturated carbocycles. The van der Waals surface area contributed by atoms with E-state index in [0.717, 1.165) is 36.3 Å². The van der Waals surface area contributed by atoms with Gasteiger partial charge in [-0.2, -0.15) is 0 Å². The minimum atomic E-state index is -0.261. The Balaban J connectivity index is 1.38. The highest BCUT2D eigenvalue weighted by atomic mass is 16.2. The fourth-order valence-corrected chi connectivity index (χ4v) is 6.22. The average molecular weight is 412 g/mol. The molecule has 3 unspecified atom stereocenters. The van der Waals surface area contributed by atoms with Crippen molar-refractivity contribution in [2.45, 2.75) is 76.8 Å². The van der Waals surface area contributed by atoms with E-state index in [1.807, 2.05) is 18.5 Å². The summed E-state index contributed by atoms with van der Waals surface area (Å²) in [6, 6.07) is 4.38. The summed E-state index contributed by atoms with van der Waals surface area (Å²) in [5.41, 5.74) is 6.98. The van der Waals surface area contributed by atoms with E-state index in [0.29, 0.717) is 17.9 Å². The van der Waals surface area contributed by atoms with Gasteiger partial charge >= 0.3 is 0 Å². The van der Waals surface area contributed by atoms with E-state index in [1.54, 1.807) is 7.05 Å². The number of nitrogens with two attached hydrogens (primary N) is 1. The maximum atomic E-state index is 12.3. The van der Waals surface area contributed by atoms with Gasteiger partial charge in [-0.05, 0) is 74.3 Å². The minimum absolute atomic E-state index is 0.0619. The molecule has 2 aliphatic carbocycles. The number of nitrogens with zero attached hydrogens (tertiary/aromatic N) is 3. The third kappa shape index (κ3) is 4.79. The number of rotatable bonds is 6. The smallest absolute Gasteiger partial charge is 0.253 e. The molecule has 1 amide bonds. The Kier molecular flexibility index (Phi) is 6.59. The molecule has 164 valence electrons. The molecule has 4 rings (SSSR count). The number of aromatic nitrogens is 1. The van der Waals surface area contributed by atoms with Gasteiger partial charge < -0.3 is 11.1 Å². The Hall–Kier alpha value is -2.11. The average Bonchev–Trinajstić information content (AvgIpc) is 2.99. The van der Waals surface area contributed by atoms with Crippen molar-refractivity contribution in [1.82, 2.24) is 9.88 Å². The van der Waals surface area contributed by atoms with Crippen LogP contribution in [0.15, 0.2) is 29.5 Å². The maximum absolute atomic E-state index is 12.3. The standard InChI is InChI=1S/C24H37N5O/c1-16-12-18(14-20(13-16)27-19-7-5-11-26-15-19)21-8-4-3-6-17(21)9-10-22-23(30)29(2)24(25)28-22/h5,7,11,15-18,20-22,27H,3-4,6,8-10,12-14H2,1-2H3,(H2,25,28)/t16-,17?,18?,20+,21?,22+/m1/s1. The van der Waals surface area contributed by atoms with Crippen molar-refractivity contribution in [3.8, 4) is 0 Å². The van der Waals surface area contributed by atoms with Gasteiger partial charge in [0, 0.05) is 25.5 Å². The third-order valence-electron chi connectivity index (χ3n) is 7.64. The van der Waals surface area contributed by atoms with Crippen molar-refractivity contribution in [2.75, 3.05) is 12.4 Å². The summed E-state index contributed by atoms with van der Waals surface area (Å²) < 4.78 is 0. The van der Waals surface area contributed by atoms with E-state index in [4.69, 9.17) is 5.73 Å². The second-order valence-corrected chi connectivity index (χ2v) is 9.84. The monoisotopic (exact) mass is 411 g/mol. The Morgan fingerprint density at radius 3 is 2.77 bits per heavy atom. The molecule has 30 heavy (non-hydrogen) atoms. The molecule has 3 N–H and O–H groups in total. The van der Waals surface area contributed by atoms with Crippen LogP contribution in [0, 0.1) is 23.7 Å². The molecule has 1 aromatic heterocycles. The van der Waals surface area contributed by atoms with Gasteiger partial charge in [0.2, 0.25) is 0 Å².